The molecule has 0 amide bonds. The Balaban J connectivity index is 2.31. The normalized spacial score (nSPS) is 12.7. The van der Waals surface area contributed by atoms with E-state index < -0.39 is 6.10 Å². The van der Waals surface area contributed by atoms with E-state index in [0.717, 1.165) is 12.2 Å². The van der Waals surface area contributed by atoms with Crippen LogP contribution in [-0.4, -0.2) is 28.7 Å². The summed E-state index contributed by atoms with van der Waals surface area (Å²) in [7, 11) is 0. The average Bonchev–Trinajstić information content (AvgIpc) is 2.29. The first-order chi connectivity index (χ1) is 7.26. The maximum atomic E-state index is 9.15. The third-order valence-corrected chi connectivity index (χ3v) is 3.38. The van der Waals surface area contributed by atoms with Gasteiger partial charge in [0.25, 0.3) is 0 Å². The fraction of sp³-hybridized carbons (Fsp3) is 0.500. The summed E-state index contributed by atoms with van der Waals surface area (Å²) in [6, 6.07) is 8.52. The highest BCUT2D eigenvalue weighted by molar-refractivity contribution is 7.98. The molecule has 0 aliphatic carbocycles. The molecule has 0 aliphatic heterocycles. The molecule has 0 heterocycles. The van der Waals surface area contributed by atoms with Crippen LogP contribution in [-0.2, 0) is 12.2 Å². The van der Waals surface area contributed by atoms with E-state index in [0.29, 0.717) is 5.75 Å². The average molecular weight is 226 g/mol. The molecule has 2 nitrogen and oxygen atoms in total. The van der Waals surface area contributed by atoms with E-state index in [-0.39, 0.29) is 6.61 Å². The summed E-state index contributed by atoms with van der Waals surface area (Å²) in [6.45, 7) is 1.99. The Labute approximate surface area is 95.3 Å². The molecule has 0 saturated carbocycles. The van der Waals surface area contributed by atoms with Crippen LogP contribution in [0.1, 0.15) is 18.1 Å². The topological polar surface area (TPSA) is 40.5 Å². The summed E-state index contributed by atoms with van der Waals surface area (Å²) < 4.78 is 0. The van der Waals surface area contributed by atoms with Crippen molar-refractivity contribution in [3.05, 3.63) is 35.4 Å². The van der Waals surface area contributed by atoms with Crippen molar-refractivity contribution in [2.24, 2.45) is 0 Å². The van der Waals surface area contributed by atoms with Gasteiger partial charge in [0.1, 0.15) is 0 Å². The van der Waals surface area contributed by atoms with Gasteiger partial charge >= 0.3 is 0 Å². The smallest absolute Gasteiger partial charge is 0.0861 e. The third kappa shape index (κ3) is 4.69. The fourth-order valence-corrected chi connectivity index (χ4v) is 2.16. The summed E-state index contributed by atoms with van der Waals surface area (Å²) in [5, 5.41) is 17.8. The molecule has 0 bridgehead atoms. The van der Waals surface area contributed by atoms with Crippen LogP contribution in [0.25, 0.3) is 0 Å². The first-order valence-corrected chi connectivity index (χ1v) is 6.36. The molecule has 3 heteroatoms. The predicted octanol–water partition coefficient (Wildman–Crippen LogP) is 1.84. The van der Waals surface area contributed by atoms with Gasteiger partial charge in [-0.15, -0.1) is 0 Å². The minimum absolute atomic E-state index is 0.151. The van der Waals surface area contributed by atoms with Gasteiger partial charge < -0.3 is 10.2 Å². The third-order valence-electron chi connectivity index (χ3n) is 2.22. The highest BCUT2D eigenvalue weighted by Crippen LogP contribution is 2.14. The molecule has 0 saturated heterocycles. The Morgan fingerprint density at radius 1 is 1.20 bits per heavy atom. The summed E-state index contributed by atoms with van der Waals surface area (Å²) in [4.78, 5) is 0. The second-order valence-corrected chi connectivity index (χ2v) is 4.55. The Morgan fingerprint density at radius 2 is 1.80 bits per heavy atom. The lowest BCUT2D eigenvalue weighted by Crippen LogP contribution is -2.14. The number of benzene rings is 1. The van der Waals surface area contributed by atoms with Crippen LogP contribution in [0.2, 0.25) is 0 Å². The van der Waals surface area contributed by atoms with Gasteiger partial charge in [0, 0.05) is 11.5 Å². The van der Waals surface area contributed by atoms with Crippen LogP contribution < -0.4 is 0 Å². The highest BCUT2D eigenvalue weighted by Gasteiger charge is 2.01. The second kappa shape index (κ2) is 6.88. The number of aryl methyl sites for hydroxylation is 1. The van der Waals surface area contributed by atoms with Crippen molar-refractivity contribution < 1.29 is 10.2 Å². The van der Waals surface area contributed by atoms with Gasteiger partial charge in [-0.25, -0.2) is 0 Å². The number of rotatable bonds is 6. The number of hydrogen-bond acceptors (Lipinski definition) is 3. The van der Waals surface area contributed by atoms with Crippen LogP contribution >= 0.6 is 11.8 Å². The number of aliphatic hydroxyl groups is 2. The van der Waals surface area contributed by atoms with E-state index in [2.05, 4.69) is 31.2 Å². The van der Waals surface area contributed by atoms with Crippen molar-refractivity contribution in [1.29, 1.82) is 0 Å². The monoisotopic (exact) mass is 226 g/mol. The van der Waals surface area contributed by atoms with Gasteiger partial charge in [-0.3, -0.25) is 0 Å². The molecule has 0 radical (unpaired) electrons. The Bertz CT molecular complexity index is 271. The summed E-state index contributed by atoms with van der Waals surface area (Å²) in [5.41, 5.74) is 2.61. The lowest BCUT2D eigenvalue weighted by molar-refractivity contribution is 0.113. The Hall–Kier alpha value is -0.510. The molecular formula is C12H18O2S. The SMILES string of the molecule is CCc1ccc(CSCC(O)CO)cc1. The van der Waals surface area contributed by atoms with E-state index in [1.165, 1.54) is 11.1 Å². The van der Waals surface area contributed by atoms with Gasteiger partial charge in [0.2, 0.25) is 0 Å². The fourth-order valence-electron chi connectivity index (χ4n) is 1.24. The molecule has 0 spiro atoms. The second-order valence-electron chi connectivity index (χ2n) is 3.52. The Kier molecular flexibility index (Phi) is 5.76. The minimum atomic E-state index is -0.593. The maximum Gasteiger partial charge on any atom is 0.0861 e. The highest BCUT2D eigenvalue weighted by atomic mass is 32.2. The van der Waals surface area contributed by atoms with Crippen molar-refractivity contribution in [3.8, 4) is 0 Å². The van der Waals surface area contributed by atoms with Crippen LogP contribution in [0.4, 0.5) is 0 Å². The van der Waals surface area contributed by atoms with E-state index in [1.807, 2.05) is 0 Å². The van der Waals surface area contributed by atoms with Crippen molar-refractivity contribution >= 4 is 11.8 Å². The van der Waals surface area contributed by atoms with Gasteiger partial charge in [0.15, 0.2) is 0 Å². The zero-order valence-corrected chi connectivity index (χ0v) is 9.83. The van der Waals surface area contributed by atoms with Crippen molar-refractivity contribution in [3.63, 3.8) is 0 Å². The van der Waals surface area contributed by atoms with E-state index >= 15 is 0 Å². The van der Waals surface area contributed by atoms with Crippen molar-refractivity contribution in [1.82, 2.24) is 0 Å². The molecule has 0 aromatic heterocycles. The molecule has 1 unspecified atom stereocenters. The minimum Gasteiger partial charge on any atom is -0.394 e. The molecule has 0 fully saturated rings. The molecule has 1 aromatic rings. The van der Waals surface area contributed by atoms with Crippen LogP contribution in [0.5, 0.6) is 0 Å². The molecule has 2 N–H and O–H groups in total. The number of aliphatic hydroxyl groups excluding tert-OH is 2. The predicted molar refractivity (Wildman–Crippen MR) is 65.1 cm³/mol. The maximum absolute atomic E-state index is 9.15. The standard InChI is InChI=1S/C12H18O2S/c1-2-10-3-5-11(6-4-10)8-15-9-12(14)7-13/h3-6,12-14H,2,7-9H2,1H3. The van der Waals surface area contributed by atoms with Gasteiger partial charge in [0.05, 0.1) is 12.7 Å². The Morgan fingerprint density at radius 3 is 2.33 bits per heavy atom. The molecule has 1 atom stereocenters. The first-order valence-electron chi connectivity index (χ1n) is 5.20. The van der Waals surface area contributed by atoms with Crippen LogP contribution in [0.15, 0.2) is 24.3 Å². The molecule has 0 aliphatic rings. The zero-order chi connectivity index (χ0) is 11.1. The van der Waals surface area contributed by atoms with Gasteiger partial charge in [-0.05, 0) is 17.5 Å². The lowest BCUT2D eigenvalue weighted by atomic mass is 10.1. The number of thioether (sulfide) groups is 1. The van der Waals surface area contributed by atoms with Crippen molar-refractivity contribution in [2.75, 3.05) is 12.4 Å². The van der Waals surface area contributed by atoms with E-state index in [1.54, 1.807) is 11.8 Å². The molecule has 15 heavy (non-hydrogen) atoms. The van der Waals surface area contributed by atoms with E-state index in [9.17, 15) is 0 Å². The molecule has 1 aromatic carbocycles. The summed E-state index contributed by atoms with van der Waals surface area (Å²) in [6.07, 6.45) is 0.473. The molecule has 84 valence electrons. The van der Waals surface area contributed by atoms with Gasteiger partial charge in [-0.1, -0.05) is 31.2 Å². The molecule has 1 rings (SSSR count). The van der Waals surface area contributed by atoms with E-state index in [4.69, 9.17) is 10.2 Å². The number of hydrogen-bond donors (Lipinski definition) is 2. The summed E-state index contributed by atoms with van der Waals surface area (Å²) >= 11 is 1.64. The van der Waals surface area contributed by atoms with Gasteiger partial charge in [-0.2, -0.15) is 11.8 Å². The lowest BCUT2D eigenvalue weighted by Gasteiger charge is -2.06. The largest absolute Gasteiger partial charge is 0.394 e. The van der Waals surface area contributed by atoms with Crippen LogP contribution in [0, 0.1) is 0 Å². The summed E-state index contributed by atoms with van der Waals surface area (Å²) in [5.74, 6) is 1.48. The van der Waals surface area contributed by atoms with Crippen molar-refractivity contribution in [2.45, 2.75) is 25.2 Å². The quantitative estimate of drug-likeness (QED) is 0.777. The molecular weight excluding hydrogens is 208 g/mol. The van der Waals surface area contributed by atoms with Crippen LogP contribution in [0.3, 0.4) is 0 Å². The zero-order valence-electron chi connectivity index (χ0n) is 9.02. The first kappa shape index (κ1) is 12.6.